The van der Waals surface area contributed by atoms with Crippen LogP contribution < -0.4 is 42.5 Å². The van der Waals surface area contributed by atoms with Gasteiger partial charge in [-0.05, 0) is 284 Å². The van der Waals surface area contributed by atoms with Gasteiger partial charge in [-0.2, -0.15) is 8.78 Å². The molecule has 29 nitrogen and oxygen atoms in total. The van der Waals surface area contributed by atoms with E-state index in [1.54, 1.807) is 85.2 Å². The summed E-state index contributed by atoms with van der Waals surface area (Å²) in [5.41, 5.74) is -0.457. The first kappa shape index (κ1) is 114. The van der Waals surface area contributed by atoms with Crippen molar-refractivity contribution in [3.05, 3.63) is 290 Å². The zero-order valence-electron chi connectivity index (χ0n) is 83.3. The van der Waals surface area contributed by atoms with Crippen LogP contribution in [0.2, 0.25) is 12.6 Å². The highest BCUT2D eigenvalue weighted by molar-refractivity contribution is 6.50. The van der Waals surface area contributed by atoms with Gasteiger partial charge in [0.25, 0.3) is 60.1 Å². The zero-order chi connectivity index (χ0) is 106. The predicted octanol–water partition coefficient (Wildman–Crippen LogP) is 15.8. The fourth-order valence-corrected chi connectivity index (χ4v) is 15.1. The van der Waals surface area contributed by atoms with Crippen LogP contribution in [0.25, 0.3) is 0 Å². The first-order valence-electron chi connectivity index (χ1n) is 45.6. The standard InChI is InChI=1S/C22H30FN3O3.C21H25BF3N3O3.C21H21F3N2O3.C20H26FN3O3.C19H24FN3O3/c1-13(2)22(29,20(28)25-21(4,5)6)15-11-18(26(7)12-15)19(27)24-16-8-9-17(23)14(3)10-16;1-13-10-16(4-5-17(13)23)26-19(29)14-11-18(27(3)12-14)21(24,25)20(30)28-8-6-15(7-9-28)22(2)31;1-12(26-8-6-15(27)7-9-26)20(28)16-10-13(2-4-17(16)22)21(29)25-14-3-5-18(23)19(24)11-14;1-12-9-14(7-8-15(12)21)22-17(25)16-10-13(11-24(16)6)20(5,27)18(26)23-19(2,3)4;1-11-8-13(6-7-14(11)20)21-17(25)15-9-12(10-23(15)5)16(24)18(26)22-19(2,3)4/h8-13,29H,1-7H3,(H,24,27)(H,25,28);4-5,10-12,15,31H,6-9H2,1-3H3,(H,26,29);2-5,10-11,15,20,27-28H,1,6-9H2,(H,25,29);7-11,27H,1-6H3,(H,22,25)(H,23,26);6-10,16,24H,1-5H3,(H,21,25)(H,22,26). The van der Waals surface area contributed by atoms with Gasteiger partial charge in [0, 0.05) is 164 Å². The van der Waals surface area contributed by atoms with Crippen molar-refractivity contribution in [2.45, 2.75) is 201 Å². The first-order valence-corrected chi connectivity index (χ1v) is 45.6. The Bertz CT molecular complexity index is 6290. The van der Waals surface area contributed by atoms with E-state index in [2.05, 4.69) is 49.1 Å². The molecule has 2 fully saturated rings. The number of nitrogens with zero attached hydrogens (tertiary/aromatic N) is 6. The number of halogens is 9. The molecule has 4 atom stereocenters. The minimum Gasteiger partial charge on any atom is -0.450 e. The number of hydrogen-bond donors (Lipinski definition) is 14. The zero-order valence-corrected chi connectivity index (χ0v) is 83.3. The number of amides is 9. The second-order valence-corrected chi connectivity index (χ2v) is 39.0. The van der Waals surface area contributed by atoms with Crippen LogP contribution in [0, 0.1) is 74.3 Å². The molecule has 6 aromatic carbocycles. The number of piperidine rings is 2. The molecule has 9 amide bonds. The number of aromatic nitrogens is 4. The van der Waals surface area contributed by atoms with Crippen molar-refractivity contribution in [3.63, 3.8) is 0 Å². The molecule has 10 aromatic rings. The molecule has 142 heavy (non-hydrogen) atoms. The first-order chi connectivity index (χ1) is 65.8. The van der Waals surface area contributed by atoms with Crippen molar-refractivity contribution in [1.82, 2.24) is 44.0 Å². The van der Waals surface area contributed by atoms with E-state index in [4.69, 9.17) is 0 Å². The van der Waals surface area contributed by atoms with Crippen LogP contribution in [-0.2, 0) is 64.5 Å². The molecule has 14 N–H and O–H groups in total. The summed E-state index contributed by atoms with van der Waals surface area (Å²) in [6.07, 6.45) is 4.65. The van der Waals surface area contributed by atoms with Gasteiger partial charge < -0.3 is 101 Å². The number of anilines is 5. The molecule has 0 spiro atoms. The number of benzene rings is 6. The van der Waals surface area contributed by atoms with Crippen LogP contribution in [0.1, 0.15) is 223 Å². The van der Waals surface area contributed by atoms with E-state index in [1.165, 1.54) is 151 Å². The number of aliphatic hydroxyl groups excluding tert-OH is 3. The lowest BCUT2D eigenvalue weighted by Gasteiger charge is -2.34. The van der Waals surface area contributed by atoms with Gasteiger partial charge in [0.05, 0.1) is 17.4 Å². The Hall–Kier alpha value is -13.6. The molecule has 2 aliphatic rings. The summed E-state index contributed by atoms with van der Waals surface area (Å²) in [5, 5.41) is 83.3. The van der Waals surface area contributed by atoms with Crippen molar-refractivity contribution < 1.29 is 113 Å². The van der Waals surface area contributed by atoms with Crippen molar-refractivity contribution in [1.29, 1.82) is 0 Å². The molecule has 4 unspecified atom stereocenters. The molecule has 2 saturated heterocycles. The quantitative estimate of drug-likeness (QED) is 0.0209. The summed E-state index contributed by atoms with van der Waals surface area (Å²) in [5.74, 6) is -14.1. The Morgan fingerprint density at radius 1 is 0.423 bits per heavy atom. The lowest BCUT2D eigenvalue weighted by atomic mass is 9.55. The average molecular weight is 1980 g/mol. The molecule has 12 rings (SSSR count). The number of hydrogen-bond acceptors (Lipinski definition) is 16. The van der Waals surface area contributed by atoms with Crippen LogP contribution in [-0.4, -0.2) is 168 Å². The van der Waals surface area contributed by atoms with E-state index >= 15 is 8.78 Å². The minimum atomic E-state index is -3.81. The summed E-state index contributed by atoms with van der Waals surface area (Å²) < 4.78 is 130. The van der Waals surface area contributed by atoms with Crippen LogP contribution in [0.3, 0.4) is 0 Å². The normalized spacial score (nSPS) is 14.3. The molecule has 0 saturated carbocycles. The van der Waals surface area contributed by atoms with Gasteiger partial charge in [0.15, 0.2) is 28.9 Å². The van der Waals surface area contributed by atoms with Gasteiger partial charge in [-0.1, -0.05) is 27.2 Å². The fourth-order valence-electron chi connectivity index (χ4n) is 15.1. The van der Waals surface area contributed by atoms with Crippen molar-refractivity contribution >= 4 is 88.5 Å². The number of aryl methyl sites for hydroxylation is 8. The van der Waals surface area contributed by atoms with Crippen molar-refractivity contribution in [3.8, 4) is 0 Å². The van der Waals surface area contributed by atoms with Gasteiger partial charge in [0.1, 0.15) is 52.3 Å². The van der Waals surface area contributed by atoms with Crippen LogP contribution in [0.15, 0.2) is 171 Å². The number of carbonyl (C=O) groups is 9. The van der Waals surface area contributed by atoms with E-state index in [1.807, 2.05) is 62.3 Å². The number of aliphatic hydroxyl groups is 5. The lowest BCUT2D eigenvalue weighted by molar-refractivity contribution is -0.161. The maximum Gasteiger partial charge on any atom is 0.364 e. The number of rotatable bonds is 23. The van der Waals surface area contributed by atoms with E-state index in [0.717, 1.165) is 33.7 Å². The Morgan fingerprint density at radius 3 is 1.21 bits per heavy atom. The van der Waals surface area contributed by atoms with Crippen LogP contribution >= 0.6 is 0 Å². The van der Waals surface area contributed by atoms with E-state index in [0.29, 0.717) is 100 Å². The fraction of sp³-hybridized carbons (Fsp3) is 0.388. The maximum absolute atomic E-state index is 15.0. The van der Waals surface area contributed by atoms with Crippen molar-refractivity contribution in [2.24, 2.45) is 34.1 Å². The molecule has 4 aromatic heterocycles. The molecular formula is C103H126BF9N14O15. The van der Waals surface area contributed by atoms with Crippen molar-refractivity contribution in [2.75, 3.05) is 52.8 Å². The molecular weight excluding hydrogens is 1860 g/mol. The topological polar surface area (TPSA) is 397 Å². The molecule has 2 aliphatic heterocycles. The van der Waals surface area contributed by atoms with Crippen LogP contribution in [0.4, 0.5) is 68.0 Å². The monoisotopic (exact) mass is 1980 g/mol. The predicted molar refractivity (Wildman–Crippen MR) is 524 cm³/mol. The third-order valence-electron chi connectivity index (χ3n) is 23.3. The van der Waals surface area contributed by atoms with Gasteiger partial charge in [0.2, 0.25) is 0 Å². The molecule has 764 valence electrons. The second kappa shape index (κ2) is 46.9. The van der Waals surface area contributed by atoms with Gasteiger partial charge in [-0.15, -0.1) is 0 Å². The molecule has 6 heterocycles. The van der Waals surface area contributed by atoms with E-state index in [-0.39, 0.29) is 81.5 Å². The number of nitrogens with one attached hydrogen (secondary N) is 8. The summed E-state index contributed by atoms with van der Waals surface area (Å²) in [7, 11) is 6.29. The molecule has 0 radical (unpaired) electrons. The Morgan fingerprint density at radius 2 is 0.796 bits per heavy atom. The SMILES string of the molecule is C=C(C(O)c1cc(C(=O)Nc2ccc(F)c(F)c2)ccc1F)N1CCC(O)CC1.CB(O)C1CCN(C(=O)C(F)(F)c2cc(C(=O)Nc3ccc(F)c(C)c3)cn2C)CC1.Cc1cc(NC(=O)c2cc(C(C)(O)C(=O)NC(C)(C)C)cn2C)ccc1F.Cc1cc(NC(=O)c2cc(C(O)(C(=O)NC(C)(C)C)C(C)C)cn2C)ccc1F.Cc1cc(NC(=O)c2cc(C(O)C(=O)NC(C)(C)C)cn2C)ccc1F. The Labute approximate surface area is 819 Å². The highest BCUT2D eigenvalue weighted by atomic mass is 19.3. The average Bonchev–Trinajstić information content (AvgIpc) is 1.59. The molecule has 0 bridgehead atoms. The highest BCUT2D eigenvalue weighted by Crippen LogP contribution is 2.38. The molecule has 39 heteroatoms. The summed E-state index contributed by atoms with van der Waals surface area (Å²) in [6, 6.07) is 28.7. The number of likely N-dealkylation sites (tertiary alicyclic amines) is 2. The summed E-state index contributed by atoms with van der Waals surface area (Å²) in [4.78, 5) is 115. The Balaban J connectivity index is 0.000000217. The van der Waals surface area contributed by atoms with E-state index in [9.17, 15) is 104 Å². The third-order valence-corrected chi connectivity index (χ3v) is 23.3. The number of alkyl halides is 2. The number of carbonyl (C=O) groups excluding carboxylic acids is 9. The van der Waals surface area contributed by atoms with Gasteiger partial charge >= 0.3 is 5.92 Å². The second-order valence-electron chi connectivity index (χ2n) is 39.0. The van der Waals surface area contributed by atoms with Crippen LogP contribution in [0.5, 0.6) is 0 Å². The van der Waals surface area contributed by atoms with Gasteiger partial charge in [-0.3, -0.25) is 43.2 Å². The largest absolute Gasteiger partial charge is 0.450 e. The summed E-state index contributed by atoms with van der Waals surface area (Å²) in [6.45, 7) is 33.8. The van der Waals surface area contributed by atoms with Gasteiger partial charge in [-0.25, -0.2) is 30.7 Å². The Kier molecular flexibility index (Phi) is 37.5. The van der Waals surface area contributed by atoms with E-state index < -0.39 is 147 Å². The minimum absolute atomic E-state index is 0.0156. The molecule has 0 aliphatic carbocycles. The smallest absolute Gasteiger partial charge is 0.364 e. The maximum atomic E-state index is 15.0. The third kappa shape index (κ3) is 30.0. The summed E-state index contributed by atoms with van der Waals surface area (Å²) >= 11 is 0. The lowest BCUT2D eigenvalue weighted by Crippen LogP contribution is -2.53. The highest BCUT2D eigenvalue weighted by Gasteiger charge is 2.48.